The van der Waals surface area contributed by atoms with Gasteiger partial charge in [-0.1, -0.05) is 119 Å². The maximum absolute atomic E-state index is 5.35. The third-order valence-electron chi connectivity index (χ3n) is 11.6. The van der Waals surface area contributed by atoms with Crippen LogP contribution in [-0.4, -0.2) is 29.1 Å². The van der Waals surface area contributed by atoms with E-state index < -0.39 is 0 Å². The molecule has 4 heterocycles. The lowest BCUT2D eigenvalue weighted by molar-refractivity contribution is 1.07. The highest BCUT2D eigenvalue weighted by atomic mass is 15.0. The Labute approximate surface area is 348 Å². The zero-order valence-electron chi connectivity index (χ0n) is 33.8. The van der Waals surface area contributed by atoms with E-state index in [1.54, 1.807) is 0 Å². The van der Waals surface area contributed by atoms with Crippen LogP contribution >= 0.6 is 0 Å². The summed E-state index contributed by atoms with van der Waals surface area (Å²) in [6.07, 6.45) is 1.90. The zero-order valence-corrected chi connectivity index (χ0v) is 33.8. The van der Waals surface area contributed by atoms with Gasteiger partial charge in [-0.2, -0.15) is 0 Å². The Morgan fingerprint density at radius 3 is 1.25 bits per heavy atom. The maximum atomic E-state index is 5.35. The second kappa shape index (κ2) is 14.0. The summed E-state index contributed by atoms with van der Waals surface area (Å²) in [6.45, 7) is 8.64. The molecular weight excluding hydrogens is 733 g/mol. The van der Waals surface area contributed by atoms with E-state index in [9.17, 15) is 0 Å². The van der Waals surface area contributed by atoms with Gasteiger partial charge in [0.1, 0.15) is 0 Å². The molecule has 11 rings (SSSR count). The van der Waals surface area contributed by atoms with Crippen LogP contribution < -0.4 is 0 Å². The lowest BCUT2D eigenvalue weighted by atomic mass is 9.98. The van der Waals surface area contributed by atoms with E-state index in [1.165, 1.54) is 43.8 Å². The Hall–Kier alpha value is -7.70. The van der Waals surface area contributed by atoms with E-state index in [1.807, 2.05) is 48.7 Å². The van der Waals surface area contributed by atoms with Crippen LogP contribution in [0.5, 0.6) is 0 Å². The fourth-order valence-corrected chi connectivity index (χ4v) is 8.88. The Kier molecular flexibility index (Phi) is 8.27. The number of hydrogen-bond donors (Lipinski definition) is 0. The predicted octanol–water partition coefficient (Wildman–Crippen LogP) is 13.4. The molecule has 0 aliphatic heterocycles. The standard InChI is InChI=1S/C54H40N6/c1-33-20-24-44-40(29-33)41-30-34(2)21-25-45(41)59(44)48-18-11-17-39(54-57-52(37-13-7-5-8-14-37)56-53(58-54)38-15-9-6-10-16-38)50(48)51-49(19-12-28-55-51)60-46-26-22-35(3)31-42(46)43-32-36(4)23-27-47(43)60/h5-32H,1-4H3. The van der Waals surface area contributed by atoms with Crippen molar-refractivity contribution in [3.8, 4) is 56.8 Å². The summed E-state index contributed by atoms with van der Waals surface area (Å²) in [4.78, 5) is 21.0. The normalized spacial score (nSPS) is 11.7. The first kappa shape index (κ1) is 35.5. The monoisotopic (exact) mass is 772 g/mol. The van der Waals surface area contributed by atoms with Crippen LogP contribution in [-0.2, 0) is 0 Å². The van der Waals surface area contributed by atoms with Crippen LogP contribution in [0.4, 0.5) is 0 Å². The SMILES string of the molecule is Cc1ccc2c(c1)c1cc(C)ccc1n2-c1cccnc1-c1c(-c2nc(-c3ccccc3)nc(-c3ccccc3)n2)cccc1-n1c2ccc(C)cc2c2cc(C)ccc21. The van der Waals surface area contributed by atoms with Crippen LogP contribution in [0, 0.1) is 27.7 Å². The van der Waals surface area contributed by atoms with E-state index in [0.717, 1.165) is 61.4 Å². The smallest absolute Gasteiger partial charge is 0.164 e. The number of nitrogens with zero attached hydrogens (tertiary/aromatic N) is 6. The summed E-state index contributed by atoms with van der Waals surface area (Å²) in [7, 11) is 0. The van der Waals surface area contributed by atoms with Gasteiger partial charge < -0.3 is 9.13 Å². The maximum Gasteiger partial charge on any atom is 0.164 e. The number of fused-ring (bicyclic) bond motifs is 6. The first-order valence-electron chi connectivity index (χ1n) is 20.4. The van der Waals surface area contributed by atoms with Crippen molar-refractivity contribution in [2.75, 3.05) is 0 Å². The topological polar surface area (TPSA) is 61.4 Å². The van der Waals surface area contributed by atoms with Crippen LogP contribution in [0.2, 0.25) is 0 Å². The van der Waals surface area contributed by atoms with Gasteiger partial charge in [0, 0.05) is 50.0 Å². The van der Waals surface area contributed by atoms with Gasteiger partial charge in [-0.25, -0.2) is 15.0 Å². The van der Waals surface area contributed by atoms with E-state index in [0.29, 0.717) is 17.5 Å². The van der Waals surface area contributed by atoms with Gasteiger partial charge in [-0.05, 0) is 94.4 Å². The summed E-state index contributed by atoms with van der Waals surface area (Å²) in [5.41, 5.74) is 15.7. The molecule has 0 N–H and O–H groups in total. The summed E-state index contributed by atoms with van der Waals surface area (Å²) in [5.74, 6) is 1.78. The van der Waals surface area contributed by atoms with E-state index in [-0.39, 0.29) is 0 Å². The fraction of sp³-hybridized carbons (Fsp3) is 0.0741. The lowest BCUT2D eigenvalue weighted by Crippen LogP contribution is -2.06. The third kappa shape index (κ3) is 5.79. The molecule has 0 bridgehead atoms. The number of pyridine rings is 1. The van der Waals surface area contributed by atoms with Crippen molar-refractivity contribution in [1.82, 2.24) is 29.1 Å². The molecule has 0 radical (unpaired) electrons. The molecule has 6 heteroatoms. The molecule has 7 aromatic carbocycles. The number of hydrogen-bond acceptors (Lipinski definition) is 4. The molecule has 60 heavy (non-hydrogen) atoms. The van der Waals surface area contributed by atoms with Crippen LogP contribution in [0.3, 0.4) is 0 Å². The molecule has 0 atom stereocenters. The second-order valence-corrected chi connectivity index (χ2v) is 15.9. The summed E-state index contributed by atoms with van der Waals surface area (Å²) in [6, 6.07) is 58.0. The van der Waals surface area contributed by atoms with Crippen LogP contribution in [0.15, 0.2) is 170 Å². The first-order valence-corrected chi connectivity index (χ1v) is 20.4. The average molecular weight is 773 g/mol. The fourth-order valence-electron chi connectivity index (χ4n) is 8.88. The molecule has 11 aromatic rings. The van der Waals surface area contributed by atoms with Gasteiger partial charge in [0.2, 0.25) is 0 Å². The van der Waals surface area contributed by atoms with Crippen molar-refractivity contribution >= 4 is 43.6 Å². The average Bonchev–Trinajstić information content (AvgIpc) is 3.77. The Balaban J connectivity index is 1.29. The van der Waals surface area contributed by atoms with Crippen LogP contribution in [0.1, 0.15) is 22.3 Å². The molecule has 0 aliphatic rings. The van der Waals surface area contributed by atoms with E-state index in [2.05, 4.69) is 158 Å². The number of rotatable bonds is 6. The van der Waals surface area contributed by atoms with Crippen molar-refractivity contribution in [3.63, 3.8) is 0 Å². The summed E-state index contributed by atoms with van der Waals surface area (Å²) < 4.78 is 4.78. The minimum Gasteiger partial charge on any atom is -0.309 e. The molecule has 0 aliphatic carbocycles. The number of aryl methyl sites for hydroxylation is 4. The highest BCUT2D eigenvalue weighted by Gasteiger charge is 2.26. The lowest BCUT2D eigenvalue weighted by Gasteiger charge is -2.20. The molecule has 4 aromatic heterocycles. The quantitative estimate of drug-likeness (QED) is 0.169. The molecule has 0 saturated carbocycles. The van der Waals surface area contributed by atoms with Crippen molar-refractivity contribution in [1.29, 1.82) is 0 Å². The first-order chi connectivity index (χ1) is 29.4. The Morgan fingerprint density at radius 1 is 0.367 bits per heavy atom. The Bertz CT molecular complexity index is 3290. The molecule has 0 spiro atoms. The van der Waals surface area contributed by atoms with Gasteiger partial charge in [0.25, 0.3) is 0 Å². The highest BCUT2D eigenvalue weighted by Crippen LogP contribution is 2.44. The molecule has 286 valence electrons. The predicted molar refractivity (Wildman–Crippen MR) is 247 cm³/mol. The molecule has 0 saturated heterocycles. The third-order valence-corrected chi connectivity index (χ3v) is 11.6. The minimum absolute atomic E-state index is 0.567. The zero-order chi connectivity index (χ0) is 40.5. The van der Waals surface area contributed by atoms with Gasteiger partial charge >= 0.3 is 0 Å². The summed E-state index contributed by atoms with van der Waals surface area (Å²) in [5, 5.41) is 4.83. The molecule has 6 nitrogen and oxygen atoms in total. The Morgan fingerprint density at radius 2 is 0.783 bits per heavy atom. The molecule has 0 unspecified atom stereocenters. The highest BCUT2D eigenvalue weighted by molar-refractivity contribution is 6.12. The van der Waals surface area contributed by atoms with Crippen LogP contribution in [0.25, 0.3) is 100 Å². The van der Waals surface area contributed by atoms with E-state index in [4.69, 9.17) is 19.9 Å². The van der Waals surface area contributed by atoms with Crippen molar-refractivity contribution in [2.45, 2.75) is 27.7 Å². The van der Waals surface area contributed by atoms with Gasteiger partial charge in [-0.15, -0.1) is 0 Å². The number of benzene rings is 7. The largest absolute Gasteiger partial charge is 0.309 e. The molecular formula is C54H40N6. The van der Waals surface area contributed by atoms with Gasteiger partial charge in [0.05, 0.1) is 39.1 Å². The van der Waals surface area contributed by atoms with Gasteiger partial charge in [-0.3, -0.25) is 4.98 Å². The summed E-state index contributed by atoms with van der Waals surface area (Å²) >= 11 is 0. The second-order valence-electron chi connectivity index (χ2n) is 15.9. The van der Waals surface area contributed by atoms with Crippen molar-refractivity contribution < 1.29 is 0 Å². The number of aromatic nitrogens is 6. The molecule has 0 fully saturated rings. The van der Waals surface area contributed by atoms with E-state index >= 15 is 0 Å². The van der Waals surface area contributed by atoms with Crippen molar-refractivity contribution in [3.05, 3.63) is 192 Å². The van der Waals surface area contributed by atoms with Gasteiger partial charge in [0.15, 0.2) is 17.5 Å². The minimum atomic E-state index is 0.567. The van der Waals surface area contributed by atoms with Crippen molar-refractivity contribution in [2.24, 2.45) is 0 Å². The molecule has 0 amide bonds.